The molecule has 0 radical (unpaired) electrons. The van der Waals surface area contributed by atoms with Gasteiger partial charge in [0.15, 0.2) is 0 Å². The number of nitrogens with zero attached hydrogens (tertiary/aromatic N) is 6. The molecule has 154 valence electrons. The van der Waals surface area contributed by atoms with E-state index in [4.69, 9.17) is 0 Å². The topological polar surface area (TPSA) is 43.4 Å². The van der Waals surface area contributed by atoms with E-state index in [1.54, 1.807) is 0 Å². The zero-order valence-corrected chi connectivity index (χ0v) is 18.2. The molecule has 0 saturated carbocycles. The predicted molar refractivity (Wildman–Crippen MR) is 116 cm³/mol. The maximum absolute atomic E-state index is 4.50. The summed E-state index contributed by atoms with van der Waals surface area (Å²) in [6.07, 6.45) is 7.79. The SMILES string of the molecule is CC(C)c1ccc(-n2c[n+](CC[n+]3cnn(-c4ccc(C(C)C)cc4)c3)cn2)cc1. The first-order valence-corrected chi connectivity index (χ1v) is 10.6. The normalized spacial score (nSPS) is 11.5. The molecule has 0 atom stereocenters. The first kappa shape index (κ1) is 20.0. The van der Waals surface area contributed by atoms with E-state index in [1.807, 2.05) is 34.7 Å². The smallest absolute Gasteiger partial charge is 0.233 e. The number of aromatic nitrogens is 6. The van der Waals surface area contributed by atoms with Crippen LogP contribution in [0.25, 0.3) is 11.4 Å². The molecule has 0 aliphatic heterocycles. The van der Waals surface area contributed by atoms with E-state index >= 15 is 0 Å². The predicted octanol–water partition coefficient (Wildman–Crippen LogP) is 3.58. The van der Waals surface area contributed by atoms with Gasteiger partial charge in [0.25, 0.3) is 12.7 Å². The molecule has 4 rings (SSSR count). The van der Waals surface area contributed by atoms with Crippen LogP contribution in [-0.4, -0.2) is 19.6 Å². The fourth-order valence-electron chi connectivity index (χ4n) is 3.40. The molecule has 30 heavy (non-hydrogen) atoms. The van der Waals surface area contributed by atoms with Crippen molar-refractivity contribution in [2.45, 2.75) is 52.6 Å². The Hall–Kier alpha value is -3.28. The molecule has 6 heteroatoms. The van der Waals surface area contributed by atoms with Crippen LogP contribution in [0.15, 0.2) is 73.8 Å². The first-order valence-electron chi connectivity index (χ1n) is 10.6. The van der Waals surface area contributed by atoms with Crippen molar-refractivity contribution >= 4 is 0 Å². The van der Waals surface area contributed by atoms with E-state index in [0.717, 1.165) is 24.5 Å². The summed E-state index contributed by atoms with van der Waals surface area (Å²) in [7, 11) is 0. The highest BCUT2D eigenvalue weighted by Crippen LogP contribution is 2.17. The average Bonchev–Trinajstić information content (AvgIpc) is 3.42. The second-order valence-corrected chi connectivity index (χ2v) is 8.35. The molecule has 0 saturated heterocycles. The Kier molecular flexibility index (Phi) is 5.74. The van der Waals surface area contributed by atoms with Gasteiger partial charge in [0.2, 0.25) is 12.7 Å². The Morgan fingerprint density at radius 1 is 0.633 bits per heavy atom. The first-order chi connectivity index (χ1) is 14.5. The second-order valence-electron chi connectivity index (χ2n) is 8.35. The van der Waals surface area contributed by atoms with E-state index in [1.165, 1.54) is 11.1 Å². The van der Waals surface area contributed by atoms with Crippen LogP contribution >= 0.6 is 0 Å². The number of aryl methyl sites for hydroxylation is 2. The van der Waals surface area contributed by atoms with Crippen molar-refractivity contribution in [1.82, 2.24) is 19.6 Å². The number of benzene rings is 2. The highest BCUT2D eigenvalue weighted by molar-refractivity contribution is 5.35. The third-order valence-electron chi connectivity index (χ3n) is 5.43. The summed E-state index contributed by atoms with van der Waals surface area (Å²) in [6, 6.07) is 17.2. The summed E-state index contributed by atoms with van der Waals surface area (Å²) < 4.78 is 8.01. The highest BCUT2D eigenvalue weighted by atomic mass is 15.4. The van der Waals surface area contributed by atoms with Gasteiger partial charge in [-0.15, -0.1) is 0 Å². The Morgan fingerprint density at radius 3 is 1.33 bits per heavy atom. The lowest BCUT2D eigenvalue weighted by Crippen LogP contribution is -2.42. The van der Waals surface area contributed by atoms with Crippen molar-refractivity contribution in [3.05, 3.63) is 85.0 Å². The van der Waals surface area contributed by atoms with Crippen LogP contribution in [0.2, 0.25) is 0 Å². The number of rotatable bonds is 7. The van der Waals surface area contributed by atoms with Gasteiger partial charge in [-0.3, -0.25) is 0 Å². The van der Waals surface area contributed by atoms with Crippen LogP contribution in [0.4, 0.5) is 0 Å². The summed E-state index contributed by atoms with van der Waals surface area (Å²) >= 11 is 0. The minimum Gasteiger partial charge on any atom is -0.233 e. The third kappa shape index (κ3) is 4.48. The van der Waals surface area contributed by atoms with Gasteiger partial charge < -0.3 is 0 Å². The molecule has 0 aliphatic carbocycles. The van der Waals surface area contributed by atoms with Crippen molar-refractivity contribution < 1.29 is 9.13 Å². The second kappa shape index (κ2) is 8.61. The van der Waals surface area contributed by atoms with Crippen molar-refractivity contribution in [2.24, 2.45) is 0 Å². The Balaban J connectivity index is 1.39. The van der Waals surface area contributed by atoms with Crippen molar-refractivity contribution in [1.29, 1.82) is 0 Å². The minimum atomic E-state index is 0.535. The molecule has 6 nitrogen and oxygen atoms in total. The molecule has 2 aromatic carbocycles. The molecular formula is C24H30N6+2. The Bertz CT molecular complexity index is 998. The Morgan fingerprint density at radius 2 is 1.00 bits per heavy atom. The van der Waals surface area contributed by atoms with Crippen LogP contribution in [0, 0.1) is 0 Å². The summed E-state index contributed by atoms with van der Waals surface area (Å²) in [5.41, 5.74) is 4.82. The van der Waals surface area contributed by atoms with Crippen molar-refractivity contribution in [2.75, 3.05) is 0 Å². The zero-order chi connectivity index (χ0) is 21.1. The molecular weight excluding hydrogens is 372 g/mol. The fraction of sp³-hybridized carbons (Fsp3) is 0.333. The number of hydrogen-bond donors (Lipinski definition) is 0. The Labute approximate surface area is 178 Å². The largest absolute Gasteiger partial charge is 0.265 e. The molecule has 0 spiro atoms. The summed E-state index contributed by atoms with van der Waals surface area (Å²) in [5.74, 6) is 1.07. The van der Waals surface area contributed by atoms with E-state index in [9.17, 15) is 0 Å². The fourth-order valence-corrected chi connectivity index (χ4v) is 3.40. The van der Waals surface area contributed by atoms with Crippen LogP contribution < -0.4 is 9.13 Å². The quantitative estimate of drug-likeness (QED) is 0.444. The van der Waals surface area contributed by atoms with E-state index in [2.05, 4.69) is 95.6 Å². The molecule has 0 unspecified atom stereocenters. The third-order valence-corrected chi connectivity index (χ3v) is 5.43. The molecule has 0 bridgehead atoms. The van der Waals surface area contributed by atoms with E-state index < -0.39 is 0 Å². The average molecular weight is 403 g/mol. The maximum atomic E-state index is 4.50. The van der Waals surface area contributed by atoms with Gasteiger partial charge in [-0.1, -0.05) is 61.3 Å². The van der Waals surface area contributed by atoms with Crippen molar-refractivity contribution in [3.63, 3.8) is 0 Å². The van der Waals surface area contributed by atoms with Gasteiger partial charge in [0, 0.05) is 10.2 Å². The maximum Gasteiger partial charge on any atom is 0.265 e. The highest BCUT2D eigenvalue weighted by Gasteiger charge is 2.12. The van der Waals surface area contributed by atoms with Gasteiger partial charge in [-0.2, -0.15) is 0 Å². The van der Waals surface area contributed by atoms with Crippen LogP contribution in [0.3, 0.4) is 0 Å². The zero-order valence-electron chi connectivity index (χ0n) is 18.2. The molecule has 2 aromatic heterocycles. The lowest BCUT2D eigenvalue weighted by molar-refractivity contribution is -0.778. The minimum absolute atomic E-state index is 0.535. The molecule has 0 aliphatic rings. The molecule has 0 fully saturated rings. The van der Waals surface area contributed by atoms with Gasteiger partial charge in [0.1, 0.15) is 24.5 Å². The summed E-state index contributed by atoms with van der Waals surface area (Å²) in [5, 5.41) is 9.00. The lowest BCUT2D eigenvalue weighted by Gasteiger charge is -2.04. The van der Waals surface area contributed by atoms with E-state index in [-0.39, 0.29) is 0 Å². The molecule has 4 aromatic rings. The van der Waals surface area contributed by atoms with Gasteiger partial charge in [-0.05, 0) is 47.2 Å². The van der Waals surface area contributed by atoms with Gasteiger partial charge in [-0.25, -0.2) is 9.13 Å². The molecule has 0 N–H and O–H groups in total. The van der Waals surface area contributed by atoms with Crippen LogP contribution in [0.5, 0.6) is 0 Å². The van der Waals surface area contributed by atoms with Crippen LogP contribution in [-0.2, 0) is 13.1 Å². The van der Waals surface area contributed by atoms with E-state index in [0.29, 0.717) is 11.8 Å². The molecule has 0 amide bonds. The monoisotopic (exact) mass is 402 g/mol. The lowest BCUT2D eigenvalue weighted by atomic mass is 10.0. The summed E-state index contributed by atoms with van der Waals surface area (Å²) in [6.45, 7) is 10.5. The van der Waals surface area contributed by atoms with Gasteiger partial charge >= 0.3 is 0 Å². The summed E-state index contributed by atoms with van der Waals surface area (Å²) in [4.78, 5) is 0. The number of hydrogen-bond acceptors (Lipinski definition) is 2. The van der Waals surface area contributed by atoms with Crippen molar-refractivity contribution in [3.8, 4) is 11.4 Å². The van der Waals surface area contributed by atoms with Gasteiger partial charge in [0.05, 0.1) is 0 Å². The van der Waals surface area contributed by atoms with Crippen LogP contribution in [0.1, 0.15) is 50.7 Å². The standard InChI is InChI=1S/C24H30N6/c1-19(2)21-5-9-23(10-6-21)29-17-27(15-25-29)13-14-28-16-26-30(18-28)24-11-7-22(8-12-24)20(3)4/h5-12,15-20H,13-14H2,1-4H3/q+2. The molecule has 2 heterocycles.